The minimum absolute atomic E-state index is 0.107. The highest BCUT2D eigenvalue weighted by molar-refractivity contribution is 7.08. The molecule has 6 heteroatoms. The molecule has 1 fully saturated rings. The van der Waals surface area contributed by atoms with E-state index in [1.807, 2.05) is 12.1 Å². The summed E-state index contributed by atoms with van der Waals surface area (Å²) in [6.45, 7) is 0.830. The Morgan fingerprint density at radius 3 is 2.60 bits per heavy atom. The van der Waals surface area contributed by atoms with Gasteiger partial charge in [0.05, 0.1) is 12.5 Å². The molecule has 0 bridgehead atoms. The predicted molar refractivity (Wildman–Crippen MR) is 119 cm³/mol. The first-order valence-electron chi connectivity index (χ1n) is 9.85. The van der Waals surface area contributed by atoms with Crippen molar-refractivity contribution in [2.45, 2.75) is 12.8 Å². The summed E-state index contributed by atoms with van der Waals surface area (Å²) in [5.74, 6) is 0.169. The van der Waals surface area contributed by atoms with Crippen LogP contribution in [0.25, 0.3) is 11.1 Å². The van der Waals surface area contributed by atoms with Crippen molar-refractivity contribution in [2.24, 2.45) is 11.1 Å². The molecule has 4 rings (SSSR count). The van der Waals surface area contributed by atoms with Crippen molar-refractivity contribution in [2.75, 3.05) is 20.2 Å². The standard InChI is InChI=1S/C24H24N2O3S/c1-29-21-4-2-3-19(13-21)22(27)26-11-10-24(16-26,23(25)28)14-17-5-7-18(8-6-17)20-9-12-30-15-20/h2-9,12-13,15H,10-11,14,16H2,1H3,(H2,25,28)/t24-/m1/s1. The highest BCUT2D eigenvalue weighted by atomic mass is 32.1. The maximum absolute atomic E-state index is 13.0. The number of nitrogens with zero attached hydrogens (tertiary/aromatic N) is 1. The molecule has 2 heterocycles. The lowest BCUT2D eigenvalue weighted by Gasteiger charge is -2.26. The predicted octanol–water partition coefficient (Wildman–Crippen LogP) is 3.98. The molecule has 1 atom stereocenters. The topological polar surface area (TPSA) is 72.6 Å². The maximum atomic E-state index is 13.0. The van der Waals surface area contributed by atoms with E-state index in [2.05, 4.69) is 29.0 Å². The number of hydrogen-bond donors (Lipinski definition) is 1. The van der Waals surface area contributed by atoms with Gasteiger partial charge in [-0.05, 0) is 64.6 Å². The van der Waals surface area contributed by atoms with Gasteiger partial charge in [-0.25, -0.2) is 0 Å². The molecule has 1 aliphatic heterocycles. The molecule has 1 saturated heterocycles. The van der Waals surface area contributed by atoms with E-state index < -0.39 is 5.41 Å². The van der Waals surface area contributed by atoms with Gasteiger partial charge in [0.15, 0.2) is 0 Å². The molecule has 2 N–H and O–H groups in total. The van der Waals surface area contributed by atoms with Crippen LogP contribution in [0.3, 0.4) is 0 Å². The van der Waals surface area contributed by atoms with Crippen molar-refractivity contribution >= 4 is 23.2 Å². The largest absolute Gasteiger partial charge is 0.497 e. The van der Waals surface area contributed by atoms with Gasteiger partial charge in [0.25, 0.3) is 5.91 Å². The van der Waals surface area contributed by atoms with Crippen LogP contribution >= 0.6 is 11.3 Å². The first-order chi connectivity index (χ1) is 14.5. The number of thiophene rings is 1. The SMILES string of the molecule is COc1cccc(C(=O)N2CC[C@](Cc3ccc(-c4ccsc4)cc3)(C(N)=O)C2)c1. The lowest BCUT2D eigenvalue weighted by molar-refractivity contribution is -0.126. The van der Waals surface area contributed by atoms with Crippen LogP contribution in [0.1, 0.15) is 22.3 Å². The third-order valence-corrected chi connectivity index (χ3v) is 6.51. The summed E-state index contributed by atoms with van der Waals surface area (Å²) in [6.07, 6.45) is 1.08. The molecule has 0 spiro atoms. The van der Waals surface area contributed by atoms with Crippen LogP contribution in [0.4, 0.5) is 0 Å². The van der Waals surface area contributed by atoms with E-state index in [4.69, 9.17) is 10.5 Å². The molecule has 0 aliphatic carbocycles. The van der Waals surface area contributed by atoms with Gasteiger partial charge in [0, 0.05) is 18.7 Å². The lowest BCUT2D eigenvalue weighted by atomic mass is 9.80. The summed E-state index contributed by atoms with van der Waals surface area (Å²) in [5, 5.41) is 4.16. The van der Waals surface area contributed by atoms with E-state index in [0.29, 0.717) is 37.2 Å². The van der Waals surface area contributed by atoms with Gasteiger partial charge in [-0.2, -0.15) is 11.3 Å². The van der Waals surface area contributed by atoms with Crippen LogP contribution < -0.4 is 10.5 Å². The number of carbonyl (C=O) groups excluding carboxylic acids is 2. The molecule has 5 nitrogen and oxygen atoms in total. The number of benzene rings is 2. The Labute approximate surface area is 180 Å². The fourth-order valence-electron chi connectivity index (χ4n) is 4.05. The number of rotatable bonds is 6. The van der Waals surface area contributed by atoms with E-state index in [9.17, 15) is 9.59 Å². The molecule has 1 aliphatic rings. The van der Waals surface area contributed by atoms with Gasteiger partial charge in [0.1, 0.15) is 5.75 Å². The van der Waals surface area contributed by atoms with Gasteiger partial charge in [-0.1, -0.05) is 30.3 Å². The Kier molecular flexibility index (Phi) is 5.59. The number of ether oxygens (including phenoxy) is 1. The molecular formula is C24H24N2O3S. The lowest BCUT2D eigenvalue weighted by Crippen LogP contribution is -2.42. The highest BCUT2D eigenvalue weighted by Gasteiger charge is 2.44. The van der Waals surface area contributed by atoms with E-state index in [1.54, 1.807) is 47.6 Å². The van der Waals surface area contributed by atoms with E-state index in [-0.39, 0.29) is 11.8 Å². The third kappa shape index (κ3) is 3.96. The molecule has 2 aromatic carbocycles. The normalized spacial score (nSPS) is 18.4. The fraction of sp³-hybridized carbons (Fsp3) is 0.250. The van der Waals surface area contributed by atoms with Crippen LogP contribution in [0, 0.1) is 5.41 Å². The second-order valence-electron chi connectivity index (χ2n) is 7.74. The van der Waals surface area contributed by atoms with Crippen LogP contribution in [-0.2, 0) is 11.2 Å². The monoisotopic (exact) mass is 420 g/mol. The van der Waals surface area contributed by atoms with Crippen molar-refractivity contribution in [3.05, 3.63) is 76.5 Å². The molecule has 1 aromatic heterocycles. The van der Waals surface area contributed by atoms with Crippen LogP contribution in [0.5, 0.6) is 5.75 Å². The molecule has 0 radical (unpaired) electrons. The summed E-state index contributed by atoms with van der Waals surface area (Å²) in [5.41, 5.74) is 9.02. The Balaban J connectivity index is 1.51. The summed E-state index contributed by atoms with van der Waals surface area (Å²) in [6, 6.07) is 17.4. The summed E-state index contributed by atoms with van der Waals surface area (Å²) < 4.78 is 5.22. The van der Waals surface area contributed by atoms with Crippen molar-refractivity contribution in [3.8, 4) is 16.9 Å². The van der Waals surface area contributed by atoms with Crippen molar-refractivity contribution < 1.29 is 14.3 Å². The van der Waals surface area contributed by atoms with E-state index >= 15 is 0 Å². The smallest absolute Gasteiger partial charge is 0.254 e. The van der Waals surface area contributed by atoms with Gasteiger partial charge in [-0.15, -0.1) is 0 Å². The van der Waals surface area contributed by atoms with Gasteiger partial charge >= 0.3 is 0 Å². The zero-order chi connectivity index (χ0) is 21.1. The van der Waals surface area contributed by atoms with Crippen molar-refractivity contribution in [3.63, 3.8) is 0 Å². The molecule has 0 saturated carbocycles. The Bertz CT molecular complexity index is 1050. The van der Waals surface area contributed by atoms with Gasteiger partial charge in [-0.3, -0.25) is 9.59 Å². The molecule has 30 heavy (non-hydrogen) atoms. The zero-order valence-corrected chi connectivity index (χ0v) is 17.7. The first kappa shape index (κ1) is 20.2. The van der Waals surface area contributed by atoms with Crippen LogP contribution in [0.2, 0.25) is 0 Å². The van der Waals surface area contributed by atoms with Gasteiger partial charge in [0.2, 0.25) is 5.91 Å². The van der Waals surface area contributed by atoms with Crippen molar-refractivity contribution in [1.29, 1.82) is 0 Å². The quantitative estimate of drug-likeness (QED) is 0.655. The fourth-order valence-corrected chi connectivity index (χ4v) is 4.72. The third-order valence-electron chi connectivity index (χ3n) is 5.83. The summed E-state index contributed by atoms with van der Waals surface area (Å²) >= 11 is 1.66. The Morgan fingerprint density at radius 2 is 1.93 bits per heavy atom. The zero-order valence-electron chi connectivity index (χ0n) is 16.8. The van der Waals surface area contributed by atoms with E-state index in [1.165, 1.54) is 5.56 Å². The Hall–Kier alpha value is -3.12. The highest BCUT2D eigenvalue weighted by Crippen LogP contribution is 2.35. The number of nitrogens with two attached hydrogens (primary N) is 1. The molecule has 0 unspecified atom stereocenters. The van der Waals surface area contributed by atoms with Crippen molar-refractivity contribution in [1.82, 2.24) is 4.90 Å². The minimum atomic E-state index is -0.752. The number of carbonyl (C=O) groups is 2. The minimum Gasteiger partial charge on any atom is -0.497 e. The molecular weight excluding hydrogens is 396 g/mol. The molecule has 154 valence electrons. The maximum Gasteiger partial charge on any atom is 0.254 e. The number of likely N-dealkylation sites (tertiary alicyclic amines) is 1. The summed E-state index contributed by atoms with van der Waals surface area (Å²) in [4.78, 5) is 27.1. The number of methoxy groups -OCH3 is 1. The molecule has 3 aromatic rings. The first-order valence-corrected chi connectivity index (χ1v) is 10.8. The van der Waals surface area contributed by atoms with Gasteiger partial charge < -0.3 is 15.4 Å². The van der Waals surface area contributed by atoms with E-state index in [0.717, 1.165) is 11.1 Å². The Morgan fingerprint density at radius 1 is 1.13 bits per heavy atom. The number of primary amides is 1. The van der Waals surface area contributed by atoms with Crippen LogP contribution in [0.15, 0.2) is 65.4 Å². The average molecular weight is 421 g/mol. The molecule has 2 amide bonds. The second-order valence-corrected chi connectivity index (χ2v) is 8.52. The van der Waals surface area contributed by atoms with Crippen LogP contribution in [-0.4, -0.2) is 36.9 Å². The summed E-state index contributed by atoms with van der Waals surface area (Å²) in [7, 11) is 1.57. The number of hydrogen-bond acceptors (Lipinski definition) is 4. The second kappa shape index (κ2) is 8.32. The average Bonchev–Trinajstić information content (AvgIpc) is 3.45. The number of amides is 2.